The Hall–Kier alpha value is -4.08. The van der Waals surface area contributed by atoms with Crippen molar-refractivity contribution in [3.63, 3.8) is 0 Å². The maximum Gasteiger partial charge on any atom is 0.335 e. The second-order valence-corrected chi connectivity index (χ2v) is 5.50. The van der Waals surface area contributed by atoms with Crippen molar-refractivity contribution in [2.45, 2.75) is 0 Å². The van der Waals surface area contributed by atoms with E-state index in [2.05, 4.69) is 25.6 Å². The minimum atomic E-state index is -1.03. The molecule has 3 aromatic rings. The highest BCUT2D eigenvalue weighted by Crippen LogP contribution is 2.39. The van der Waals surface area contributed by atoms with Gasteiger partial charge in [0.1, 0.15) is 6.33 Å². The van der Waals surface area contributed by atoms with Crippen molar-refractivity contribution >= 4 is 29.2 Å². The molecule has 0 amide bonds. The van der Waals surface area contributed by atoms with E-state index in [-0.39, 0.29) is 29.0 Å². The Labute approximate surface area is 159 Å². The third kappa shape index (κ3) is 4.18. The number of phenols is 1. The number of aromatic carboxylic acids is 1. The molecule has 0 bridgehead atoms. The van der Waals surface area contributed by atoms with Gasteiger partial charge in [0.2, 0.25) is 17.6 Å². The molecule has 10 heteroatoms. The summed E-state index contributed by atoms with van der Waals surface area (Å²) >= 11 is 0. The number of carboxylic acid groups (broad SMARTS) is 1. The van der Waals surface area contributed by atoms with Crippen molar-refractivity contribution in [2.24, 2.45) is 0 Å². The third-order valence-corrected chi connectivity index (χ3v) is 3.65. The molecule has 2 aromatic carbocycles. The van der Waals surface area contributed by atoms with Crippen LogP contribution in [-0.4, -0.2) is 45.4 Å². The summed E-state index contributed by atoms with van der Waals surface area (Å²) in [5.74, 6) is -0.173. The Kier molecular flexibility index (Phi) is 5.40. The molecule has 4 N–H and O–H groups in total. The van der Waals surface area contributed by atoms with Crippen molar-refractivity contribution < 1.29 is 24.5 Å². The number of nitrogens with one attached hydrogen (secondary N) is 2. The predicted octanol–water partition coefficient (Wildman–Crippen LogP) is 2.78. The molecule has 3 rings (SSSR count). The van der Waals surface area contributed by atoms with Gasteiger partial charge in [-0.15, -0.1) is 0 Å². The molecule has 1 aromatic heterocycles. The number of ether oxygens (including phenoxy) is 2. The van der Waals surface area contributed by atoms with Crippen molar-refractivity contribution in [3.05, 3.63) is 48.3 Å². The van der Waals surface area contributed by atoms with Crippen LogP contribution in [0, 0.1) is 0 Å². The summed E-state index contributed by atoms with van der Waals surface area (Å²) in [5, 5.41) is 25.0. The Morgan fingerprint density at radius 3 is 2.36 bits per heavy atom. The van der Waals surface area contributed by atoms with Crippen LogP contribution in [0.1, 0.15) is 10.4 Å². The smallest absolute Gasteiger partial charge is 0.335 e. The fourth-order valence-electron chi connectivity index (χ4n) is 2.42. The summed E-state index contributed by atoms with van der Waals surface area (Å²) in [7, 11) is 2.88. The first-order valence-electron chi connectivity index (χ1n) is 8.01. The van der Waals surface area contributed by atoms with Gasteiger partial charge in [0.25, 0.3) is 0 Å². The zero-order valence-electron chi connectivity index (χ0n) is 15.0. The minimum Gasteiger partial charge on any atom is -0.504 e. The summed E-state index contributed by atoms with van der Waals surface area (Å²) in [6.45, 7) is 0. The van der Waals surface area contributed by atoms with Gasteiger partial charge in [-0.1, -0.05) is 6.07 Å². The second-order valence-electron chi connectivity index (χ2n) is 5.50. The summed E-state index contributed by atoms with van der Waals surface area (Å²) < 4.78 is 10.3. The summed E-state index contributed by atoms with van der Waals surface area (Å²) in [5.41, 5.74) is 1.12. The lowest BCUT2D eigenvalue weighted by Crippen LogP contribution is -2.04. The standard InChI is InChI=1S/C18H17N5O5/c1-27-14-8-12(7-13(24)15(14)28-2)22-18-20-9-19-17(23-18)21-11-5-3-4-10(6-11)16(25)26/h3-9,24H,1-2H3,(H,25,26)(H2,19,20,21,22,23). The first kappa shape index (κ1) is 18.7. The maximum atomic E-state index is 11.1. The Balaban J connectivity index is 1.81. The number of nitrogens with zero attached hydrogens (tertiary/aromatic N) is 3. The molecule has 1 heterocycles. The number of aromatic hydroxyl groups is 1. The maximum absolute atomic E-state index is 11.1. The average molecular weight is 383 g/mol. The van der Waals surface area contributed by atoms with Crippen LogP contribution in [-0.2, 0) is 0 Å². The van der Waals surface area contributed by atoms with Gasteiger partial charge in [0.15, 0.2) is 11.5 Å². The van der Waals surface area contributed by atoms with Gasteiger partial charge in [0, 0.05) is 23.5 Å². The minimum absolute atomic E-state index is 0.109. The van der Waals surface area contributed by atoms with Gasteiger partial charge in [-0.05, 0) is 18.2 Å². The molecule has 0 saturated carbocycles. The summed E-state index contributed by atoms with van der Waals surface area (Å²) in [6, 6.07) is 9.30. The topological polar surface area (TPSA) is 139 Å². The predicted molar refractivity (Wildman–Crippen MR) is 101 cm³/mol. The average Bonchev–Trinajstić information content (AvgIpc) is 2.68. The number of phenolic OH excluding ortho intramolecular Hbond substituents is 1. The highest BCUT2D eigenvalue weighted by molar-refractivity contribution is 5.89. The van der Waals surface area contributed by atoms with Crippen molar-refractivity contribution in [1.29, 1.82) is 0 Å². The Bertz CT molecular complexity index is 1010. The normalized spacial score (nSPS) is 10.2. The fraction of sp³-hybridized carbons (Fsp3) is 0.111. The molecule has 0 aliphatic rings. The number of rotatable bonds is 7. The molecule has 144 valence electrons. The number of carbonyl (C=O) groups is 1. The van der Waals surface area contributed by atoms with Crippen molar-refractivity contribution in [3.8, 4) is 17.2 Å². The number of benzene rings is 2. The first-order valence-corrected chi connectivity index (χ1v) is 8.01. The van der Waals surface area contributed by atoms with Gasteiger partial charge < -0.3 is 30.3 Å². The molecular formula is C18H17N5O5. The SMILES string of the molecule is COc1cc(Nc2ncnc(Nc3cccc(C(=O)O)c3)n2)cc(O)c1OC. The van der Waals surface area contributed by atoms with Gasteiger partial charge in [0.05, 0.1) is 19.8 Å². The lowest BCUT2D eigenvalue weighted by Gasteiger charge is -2.12. The Morgan fingerprint density at radius 2 is 1.71 bits per heavy atom. The lowest BCUT2D eigenvalue weighted by atomic mass is 10.2. The van der Waals surface area contributed by atoms with Crippen molar-refractivity contribution in [1.82, 2.24) is 15.0 Å². The van der Waals surface area contributed by atoms with E-state index in [0.717, 1.165) is 0 Å². The lowest BCUT2D eigenvalue weighted by molar-refractivity contribution is 0.0697. The monoisotopic (exact) mass is 383 g/mol. The second kappa shape index (κ2) is 8.08. The molecule has 10 nitrogen and oxygen atoms in total. The van der Waals surface area contributed by atoms with Crippen LogP contribution in [0.2, 0.25) is 0 Å². The van der Waals surface area contributed by atoms with Crippen LogP contribution >= 0.6 is 0 Å². The molecule has 0 atom stereocenters. The zero-order valence-corrected chi connectivity index (χ0v) is 15.0. The molecule has 28 heavy (non-hydrogen) atoms. The van der Waals surface area contributed by atoms with Gasteiger partial charge in [-0.2, -0.15) is 4.98 Å². The largest absolute Gasteiger partial charge is 0.504 e. The highest BCUT2D eigenvalue weighted by Gasteiger charge is 2.13. The van der Waals surface area contributed by atoms with Gasteiger partial charge >= 0.3 is 5.97 Å². The van der Waals surface area contributed by atoms with Crippen LogP contribution in [0.25, 0.3) is 0 Å². The molecule has 0 fully saturated rings. The molecule has 0 radical (unpaired) electrons. The summed E-state index contributed by atoms with van der Waals surface area (Å²) in [6.07, 6.45) is 1.29. The molecule has 0 spiro atoms. The number of hydrogen-bond acceptors (Lipinski definition) is 9. The highest BCUT2D eigenvalue weighted by atomic mass is 16.5. The van der Waals surface area contributed by atoms with E-state index in [1.165, 1.54) is 38.7 Å². The fourth-order valence-corrected chi connectivity index (χ4v) is 2.42. The Morgan fingerprint density at radius 1 is 1.00 bits per heavy atom. The molecule has 0 saturated heterocycles. The van der Waals surface area contributed by atoms with Gasteiger partial charge in [-0.25, -0.2) is 14.8 Å². The van der Waals surface area contributed by atoms with Crippen LogP contribution in [0.4, 0.5) is 23.3 Å². The summed E-state index contributed by atoms with van der Waals surface area (Å²) in [4.78, 5) is 23.3. The number of aromatic nitrogens is 3. The van der Waals surface area contributed by atoms with Gasteiger partial charge in [-0.3, -0.25) is 0 Å². The van der Waals surface area contributed by atoms with E-state index in [1.54, 1.807) is 18.2 Å². The molecule has 0 unspecified atom stereocenters. The number of anilines is 4. The number of carboxylic acids is 1. The quantitative estimate of drug-likeness (QED) is 0.481. The van der Waals surface area contributed by atoms with E-state index in [0.29, 0.717) is 17.1 Å². The third-order valence-electron chi connectivity index (χ3n) is 3.65. The van der Waals surface area contributed by atoms with Crippen LogP contribution in [0.15, 0.2) is 42.7 Å². The molecular weight excluding hydrogens is 366 g/mol. The van der Waals surface area contributed by atoms with E-state index in [1.807, 2.05) is 0 Å². The zero-order chi connectivity index (χ0) is 20.1. The van der Waals surface area contributed by atoms with E-state index in [4.69, 9.17) is 14.6 Å². The van der Waals surface area contributed by atoms with Crippen LogP contribution in [0.5, 0.6) is 17.2 Å². The number of methoxy groups -OCH3 is 2. The number of hydrogen-bond donors (Lipinski definition) is 4. The van der Waals surface area contributed by atoms with E-state index < -0.39 is 5.97 Å². The molecule has 0 aliphatic heterocycles. The first-order chi connectivity index (χ1) is 13.5. The van der Waals surface area contributed by atoms with Crippen LogP contribution < -0.4 is 20.1 Å². The van der Waals surface area contributed by atoms with Crippen molar-refractivity contribution in [2.75, 3.05) is 24.9 Å². The van der Waals surface area contributed by atoms with E-state index >= 15 is 0 Å². The molecule has 0 aliphatic carbocycles. The van der Waals surface area contributed by atoms with E-state index in [9.17, 15) is 9.90 Å². The van der Waals surface area contributed by atoms with Crippen LogP contribution in [0.3, 0.4) is 0 Å².